The molecule has 9 nitrogen and oxygen atoms in total. The van der Waals surface area contributed by atoms with Crippen molar-refractivity contribution in [1.82, 2.24) is 24.7 Å². The topological polar surface area (TPSA) is 116 Å². The van der Waals surface area contributed by atoms with E-state index in [4.69, 9.17) is 14.5 Å². The largest absolute Gasteiger partial charge is 0.473 e. The number of aryl methyl sites for hydroxylation is 2. The first-order valence-corrected chi connectivity index (χ1v) is 13.9. The third kappa shape index (κ3) is 5.48. The predicted molar refractivity (Wildman–Crippen MR) is 143 cm³/mol. The SMILES string of the molecule is COCc1cnc2c(-c3nc4c(C)cc(OCC(F)NS(=O)(=O)c5ccccc5)nc4s3)cc(C)cc2n1. The highest BCUT2D eigenvalue weighted by molar-refractivity contribution is 7.89. The number of fused-ring (bicyclic) bond motifs is 2. The summed E-state index contributed by atoms with van der Waals surface area (Å²) in [5.41, 5.74) is 5.52. The number of hydrogen-bond acceptors (Lipinski definition) is 9. The number of benzene rings is 2. The minimum absolute atomic E-state index is 0.0292. The van der Waals surface area contributed by atoms with Gasteiger partial charge in [0.05, 0.1) is 34.4 Å². The molecule has 0 fully saturated rings. The number of hydrogen-bond donors (Lipinski definition) is 1. The molecular formula is C26H24FN5O4S2. The Balaban J connectivity index is 1.39. The second-order valence-electron chi connectivity index (χ2n) is 8.64. The number of nitrogens with one attached hydrogen (secondary N) is 1. The molecule has 0 saturated heterocycles. The summed E-state index contributed by atoms with van der Waals surface area (Å²) < 4.78 is 51.8. The van der Waals surface area contributed by atoms with Crippen molar-refractivity contribution in [2.24, 2.45) is 0 Å². The van der Waals surface area contributed by atoms with E-state index in [2.05, 4.69) is 15.0 Å². The lowest BCUT2D eigenvalue weighted by Gasteiger charge is -2.12. The molecular weight excluding hydrogens is 529 g/mol. The molecule has 0 aliphatic heterocycles. The average molecular weight is 554 g/mol. The van der Waals surface area contributed by atoms with Crippen molar-refractivity contribution in [2.45, 2.75) is 31.6 Å². The first-order valence-electron chi connectivity index (χ1n) is 11.6. The fourth-order valence-electron chi connectivity index (χ4n) is 3.93. The Kier molecular flexibility index (Phi) is 7.30. The van der Waals surface area contributed by atoms with Crippen LogP contribution in [-0.4, -0.2) is 48.4 Å². The lowest BCUT2D eigenvalue weighted by atomic mass is 10.1. The summed E-state index contributed by atoms with van der Waals surface area (Å²) in [7, 11) is -2.40. The number of ether oxygens (including phenoxy) is 2. The van der Waals surface area contributed by atoms with Crippen LogP contribution in [0.2, 0.25) is 0 Å². The second kappa shape index (κ2) is 10.7. The number of aromatic nitrogens is 4. The van der Waals surface area contributed by atoms with E-state index in [-0.39, 0.29) is 10.8 Å². The quantitative estimate of drug-likeness (QED) is 0.261. The van der Waals surface area contributed by atoms with E-state index in [9.17, 15) is 12.8 Å². The molecule has 5 aromatic rings. The van der Waals surface area contributed by atoms with Crippen molar-refractivity contribution < 1.29 is 22.3 Å². The van der Waals surface area contributed by atoms with Crippen LogP contribution in [-0.2, 0) is 21.4 Å². The van der Waals surface area contributed by atoms with Gasteiger partial charge in [0.25, 0.3) is 0 Å². The Morgan fingerprint density at radius 2 is 1.84 bits per heavy atom. The zero-order chi connectivity index (χ0) is 26.9. The Morgan fingerprint density at radius 3 is 2.61 bits per heavy atom. The zero-order valence-electron chi connectivity index (χ0n) is 20.8. The molecule has 0 amide bonds. The van der Waals surface area contributed by atoms with Crippen molar-refractivity contribution in [3.8, 4) is 16.5 Å². The molecule has 3 heterocycles. The molecule has 1 atom stereocenters. The molecule has 0 aliphatic rings. The Hall–Kier alpha value is -3.58. The highest BCUT2D eigenvalue weighted by Gasteiger charge is 2.21. The van der Waals surface area contributed by atoms with E-state index in [1.807, 2.05) is 30.7 Å². The maximum absolute atomic E-state index is 14.5. The molecule has 0 bridgehead atoms. The van der Waals surface area contributed by atoms with Crippen LogP contribution >= 0.6 is 11.3 Å². The summed E-state index contributed by atoms with van der Waals surface area (Å²) in [4.78, 5) is 19.1. The fourth-order valence-corrected chi connectivity index (χ4v) is 6.01. The summed E-state index contributed by atoms with van der Waals surface area (Å²) in [6.45, 7) is 3.66. The van der Waals surface area contributed by atoms with Gasteiger partial charge < -0.3 is 9.47 Å². The highest BCUT2D eigenvalue weighted by Crippen LogP contribution is 2.35. The monoisotopic (exact) mass is 553 g/mol. The number of nitrogens with zero attached hydrogens (tertiary/aromatic N) is 4. The van der Waals surface area contributed by atoms with Crippen molar-refractivity contribution in [2.75, 3.05) is 13.7 Å². The molecule has 0 spiro atoms. The van der Waals surface area contributed by atoms with Crippen LogP contribution < -0.4 is 9.46 Å². The van der Waals surface area contributed by atoms with E-state index in [0.717, 1.165) is 33.4 Å². The number of methoxy groups -OCH3 is 1. The smallest absolute Gasteiger partial charge is 0.243 e. The number of rotatable bonds is 9. The number of thiazole rings is 1. The first kappa shape index (κ1) is 26.0. The number of pyridine rings is 1. The number of sulfonamides is 1. The van der Waals surface area contributed by atoms with Gasteiger partial charge in [-0.25, -0.2) is 27.8 Å². The van der Waals surface area contributed by atoms with Gasteiger partial charge in [-0.2, -0.15) is 4.72 Å². The lowest BCUT2D eigenvalue weighted by molar-refractivity contribution is 0.181. The Morgan fingerprint density at radius 1 is 1.05 bits per heavy atom. The van der Waals surface area contributed by atoms with Gasteiger partial charge in [-0.1, -0.05) is 29.5 Å². The Labute approximate surface area is 222 Å². The van der Waals surface area contributed by atoms with Gasteiger partial charge in [0.15, 0.2) is 6.30 Å². The average Bonchev–Trinajstić information content (AvgIpc) is 3.32. The van der Waals surface area contributed by atoms with Gasteiger partial charge in [0.1, 0.15) is 22.0 Å². The summed E-state index contributed by atoms with van der Waals surface area (Å²) >= 11 is 1.36. The van der Waals surface area contributed by atoms with Crippen molar-refractivity contribution >= 4 is 42.7 Å². The molecule has 5 rings (SSSR count). The molecule has 0 radical (unpaired) electrons. The molecule has 3 aromatic heterocycles. The van der Waals surface area contributed by atoms with Crippen LogP contribution in [0.4, 0.5) is 4.39 Å². The first-order chi connectivity index (χ1) is 18.2. The summed E-state index contributed by atoms with van der Waals surface area (Å²) in [6.07, 6.45) is -0.275. The number of halogens is 1. The van der Waals surface area contributed by atoms with Gasteiger partial charge in [0, 0.05) is 18.7 Å². The predicted octanol–water partition coefficient (Wildman–Crippen LogP) is 4.72. The van der Waals surface area contributed by atoms with Crippen LogP contribution in [0.15, 0.2) is 59.6 Å². The minimum Gasteiger partial charge on any atom is -0.473 e. The molecule has 2 aromatic carbocycles. The lowest BCUT2D eigenvalue weighted by Crippen LogP contribution is -2.35. The third-order valence-corrected chi connectivity index (χ3v) is 8.05. The summed E-state index contributed by atoms with van der Waals surface area (Å²) in [5, 5.41) is 0.717. The second-order valence-corrected chi connectivity index (χ2v) is 11.3. The third-order valence-electron chi connectivity index (χ3n) is 5.61. The Bertz CT molecular complexity index is 1730. The molecule has 0 aliphatic carbocycles. The normalized spacial score (nSPS) is 12.7. The van der Waals surface area contributed by atoms with Crippen molar-refractivity contribution in [3.05, 3.63) is 71.5 Å². The van der Waals surface area contributed by atoms with Crippen molar-refractivity contribution in [1.29, 1.82) is 0 Å². The fraction of sp³-hybridized carbons (Fsp3) is 0.231. The highest BCUT2D eigenvalue weighted by atomic mass is 32.2. The molecule has 196 valence electrons. The van der Waals surface area contributed by atoms with Crippen LogP contribution in [0.25, 0.3) is 32.0 Å². The van der Waals surface area contributed by atoms with E-state index < -0.39 is 22.9 Å². The maximum Gasteiger partial charge on any atom is 0.243 e. The van der Waals surface area contributed by atoms with Crippen LogP contribution in [0.1, 0.15) is 16.8 Å². The molecule has 1 unspecified atom stereocenters. The molecule has 38 heavy (non-hydrogen) atoms. The molecule has 0 saturated carbocycles. The summed E-state index contributed by atoms with van der Waals surface area (Å²) in [6, 6.07) is 13.2. The van der Waals surface area contributed by atoms with Gasteiger partial charge >= 0.3 is 0 Å². The van der Waals surface area contributed by atoms with Gasteiger partial charge in [-0.15, -0.1) is 0 Å². The van der Waals surface area contributed by atoms with Crippen LogP contribution in [0, 0.1) is 13.8 Å². The van der Waals surface area contributed by atoms with E-state index >= 15 is 0 Å². The summed E-state index contributed by atoms with van der Waals surface area (Å²) in [5.74, 6) is 0.171. The number of alkyl halides is 1. The maximum atomic E-state index is 14.5. The molecule has 12 heteroatoms. The minimum atomic E-state index is -4.01. The van der Waals surface area contributed by atoms with Crippen LogP contribution in [0.3, 0.4) is 0 Å². The van der Waals surface area contributed by atoms with Crippen LogP contribution in [0.5, 0.6) is 5.88 Å². The van der Waals surface area contributed by atoms with Gasteiger partial charge in [-0.05, 0) is 49.2 Å². The van der Waals surface area contributed by atoms with E-state index in [1.165, 1.54) is 23.5 Å². The zero-order valence-corrected chi connectivity index (χ0v) is 22.4. The van der Waals surface area contributed by atoms with Gasteiger partial charge in [-0.3, -0.25) is 4.98 Å². The van der Waals surface area contributed by atoms with E-state index in [0.29, 0.717) is 22.0 Å². The van der Waals surface area contributed by atoms with Gasteiger partial charge in [0.2, 0.25) is 15.9 Å². The standard InChI is InChI=1S/C26H24FN5O4S2/c1-15-9-19(24-20(10-15)29-17(12-28-24)13-35-3)25-31-23-16(2)11-22(30-26(23)37-25)36-14-21(27)32-38(33,34)18-7-5-4-6-8-18/h4-12,21,32H,13-14H2,1-3H3. The van der Waals surface area contributed by atoms with Crippen molar-refractivity contribution in [3.63, 3.8) is 0 Å². The van der Waals surface area contributed by atoms with E-state index in [1.54, 1.807) is 37.6 Å². The molecule has 1 N–H and O–H groups in total.